The van der Waals surface area contributed by atoms with Crippen molar-refractivity contribution in [2.24, 2.45) is 0 Å². The molecule has 2 rings (SSSR count). The van der Waals surface area contributed by atoms with Crippen LogP contribution in [0.15, 0.2) is 30.3 Å². The predicted octanol–water partition coefficient (Wildman–Crippen LogP) is 1.92. The number of carbonyl (C=O) groups is 1. The van der Waals surface area contributed by atoms with Crippen molar-refractivity contribution < 1.29 is 19.7 Å². The van der Waals surface area contributed by atoms with Gasteiger partial charge in [-0.15, -0.1) is 0 Å². The fourth-order valence-corrected chi connectivity index (χ4v) is 2.71. The molecule has 1 amide bonds. The second kappa shape index (κ2) is 8.00. The zero-order valence-electron chi connectivity index (χ0n) is 12.1. The molecule has 0 unspecified atom stereocenters. The summed E-state index contributed by atoms with van der Waals surface area (Å²) in [6.07, 6.45) is 1.72. The summed E-state index contributed by atoms with van der Waals surface area (Å²) in [7, 11) is 0. The monoisotopic (exact) mass is 293 g/mol. The molecule has 1 aliphatic rings. The minimum atomic E-state index is -0.533. The number of aliphatic hydroxyl groups excluding tert-OH is 2. The maximum Gasteiger partial charge on any atom is 0.410 e. The van der Waals surface area contributed by atoms with E-state index < -0.39 is 6.10 Å². The molecule has 0 aliphatic carbocycles. The van der Waals surface area contributed by atoms with Gasteiger partial charge in [-0.25, -0.2) is 4.79 Å². The van der Waals surface area contributed by atoms with Gasteiger partial charge in [0, 0.05) is 13.2 Å². The second-order valence-electron chi connectivity index (χ2n) is 5.38. The second-order valence-corrected chi connectivity index (χ2v) is 5.38. The number of benzene rings is 1. The quantitative estimate of drug-likeness (QED) is 0.870. The van der Waals surface area contributed by atoms with Crippen LogP contribution in [0.4, 0.5) is 4.79 Å². The van der Waals surface area contributed by atoms with Gasteiger partial charge in [-0.1, -0.05) is 30.3 Å². The van der Waals surface area contributed by atoms with E-state index in [1.54, 1.807) is 4.90 Å². The maximum absolute atomic E-state index is 12.2. The molecule has 5 nitrogen and oxygen atoms in total. The van der Waals surface area contributed by atoms with Gasteiger partial charge in [0.2, 0.25) is 0 Å². The summed E-state index contributed by atoms with van der Waals surface area (Å²) in [5.74, 6) is 0. The van der Waals surface area contributed by atoms with E-state index in [0.29, 0.717) is 25.8 Å². The fourth-order valence-electron chi connectivity index (χ4n) is 2.71. The highest BCUT2D eigenvalue weighted by Crippen LogP contribution is 2.22. The van der Waals surface area contributed by atoms with Crippen molar-refractivity contribution in [1.29, 1.82) is 0 Å². The van der Waals surface area contributed by atoms with Crippen molar-refractivity contribution in [3.8, 4) is 0 Å². The SMILES string of the molecule is O=C(OCc1ccccc1)N1CCC[C@H](O)[C@H]1CCCO. The summed E-state index contributed by atoms with van der Waals surface area (Å²) in [5.41, 5.74) is 0.940. The summed E-state index contributed by atoms with van der Waals surface area (Å²) in [5, 5.41) is 19.0. The molecule has 1 aromatic rings. The van der Waals surface area contributed by atoms with Crippen LogP contribution < -0.4 is 0 Å². The van der Waals surface area contributed by atoms with Crippen LogP contribution in [-0.2, 0) is 11.3 Å². The fraction of sp³-hybridized carbons (Fsp3) is 0.562. The average molecular weight is 293 g/mol. The Bertz CT molecular complexity index is 437. The van der Waals surface area contributed by atoms with Crippen molar-refractivity contribution in [1.82, 2.24) is 4.90 Å². The lowest BCUT2D eigenvalue weighted by Gasteiger charge is -2.38. The lowest BCUT2D eigenvalue weighted by molar-refractivity contribution is -0.00170. The molecule has 1 aromatic carbocycles. The van der Waals surface area contributed by atoms with Crippen molar-refractivity contribution in [3.05, 3.63) is 35.9 Å². The molecule has 1 saturated heterocycles. The van der Waals surface area contributed by atoms with E-state index in [0.717, 1.165) is 12.0 Å². The third-order valence-corrected chi connectivity index (χ3v) is 3.84. The van der Waals surface area contributed by atoms with Crippen molar-refractivity contribution >= 4 is 6.09 Å². The lowest BCUT2D eigenvalue weighted by atomic mass is 9.95. The van der Waals surface area contributed by atoms with Crippen LogP contribution in [0.1, 0.15) is 31.2 Å². The van der Waals surface area contributed by atoms with E-state index in [-0.39, 0.29) is 25.3 Å². The molecule has 0 bridgehead atoms. The molecule has 2 atom stereocenters. The summed E-state index contributed by atoms with van der Waals surface area (Å²) in [4.78, 5) is 13.8. The molecule has 1 heterocycles. The van der Waals surface area contributed by atoms with E-state index in [1.165, 1.54) is 0 Å². The van der Waals surface area contributed by atoms with Gasteiger partial charge in [0.15, 0.2) is 0 Å². The Kier molecular flexibility index (Phi) is 6.02. The third-order valence-electron chi connectivity index (χ3n) is 3.84. The molecule has 1 fully saturated rings. The summed E-state index contributed by atoms with van der Waals surface area (Å²) in [6.45, 7) is 0.899. The lowest BCUT2D eigenvalue weighted by Crippen LogP contribution is -2.51. The van der Waals surface area contributed by atoms with Crippen LogP contribution >= 0.6 is 0 Å². The molecule has 0 saturated carbocycles. The van der Waals surface area contributed by atoms with Crippen LogP contribution in [0.2, 0.25) is 0 Å². The molecule has 116 valence electrons. The predicted molar refractivity (Wildman–Crippen MR) is 78.7 cm³/mol. The highest BCUT2D eigenvalue weighted by Gasteiger charge is 2.33. The summed E-state index contributed by atoms with van der Waals surface area (Å²) >= 11 is 0. The third kappa shape index (κ3) is 4.44. The Morgan fingerprint density at radius 2 is 2.10 bits per heavy atom. The van der Waals surface area contributed by atoms with Gasteiger partial charge >= 0.3 is 6.09 Å². The molecule has 0 radical (unpaired) electrons. The number of carbonyl (C=O) groups excluding carboxylic acids is 1. The largest absolute Gasteiger partial charge is 0.445 e. The first-order valence-electron chi connectivity index (χ1n) is 7.48. The van der Waals surface area contributed by atoms with Crippen LogP contribution in [0.5, 0.6) is 0 Å². The topological polar surface area (TPSA) is 70.0 Å². The highest BCUT2D eigenvalue weighted by molar-refractivity contribution is 5.68. The van der Waals surface area contributed by atoms with E-state index in [2.05, 4.69) is 0 Å². The molecule has 0 spiro atoms. The standard InChI is InChI=1S/C16H23NO4/c18-11-5-8-14-15(19)9-4-10-17(14)16(20)21-12-13-6-2-1-3-7-13/h1-3,6-7,14-15,18-19H,4-5,8-12H2/t14-,15+/m1/s1. The van der Waals surface area contributed by atoms with E-state index in [9.17, 15) is 9.90 Å². The zero-order valence-corrected chi connectivity index (χ0v) is 12.1. The van der Waals surface area contributed by atoms with Gasteiger partial charge in [0.05, 0.1) is 12.1 Å². The Morgan fingerprint density at radius 1 is 1.33 bits per heavy atom. The van der Waals surface area contributed by atoms with Crippen LogP contribution in [-0.4, -0.2) is 46.5 Å². The molecular weight excluding hydrogens is 270 g/mol. The minimum Gasteiger partial charge on any atom is -0.445 e. The van der Waals surface area contributed by atoms with Crippen molar-refractivity contribution in [3.63, 3.8) is 0 Å². The number of hydrogen-bond acceptors (Lipinski definition) is 4. The van der Waals surface area contributed by atoms with Gasteiger partial charge in [0.25, 0.3) is 0 Å². The first-order chi connectivity index (χ1) is 10.2. The first-order valence-corrected chi connectivity index (χ1v) is 7.48. The van der Waals surface area contributed by atoms with Gasteiger partial charge < -0.3 is 19.8 Å². The van der Waals surface area contributed by atoms with E-state index >= 15 is 0 Å². The Balaban J connectivity index is 1.92. The smallest absolute Gasteiger partial charge is 0.410 e. The number of ether oxygens (including phenoxy) is 1. The van der Waals surface area contributed by atoms with Gasteiger partial charge in [-0.3, -0.25) is 0 Å². The van der Waals surface area contributed by atoms with Gasteiger partial charge in [0.1, 0.15) is 6.61 Å². The average Bonchev–Trinajstić information content (AvgIpc) is 2.52. The Hall–Kier alpha value is -1.59. The molecule has 2 N–H and O–H groups in total. The molecule has 1 aliphatic heterocycles. The van der Waals surface area contributed by atoms with E-state index in [4.69, 9.17) is 9.84 Å². The van der Waals surface area contributed by atoms with Crippen molar-refractivity contribution in [2.75, 3.05) is 13.2 Å². The molecule has 21 heavy (non-hydrogen) atoms. The zero-order chi connectivity index (χ0) is 15.1. The van der Waals surface area contributed by atoms with Crippen molar-refractivity contribution in [2.45, 2.75) is 44.4 Å². The number of aliphatic hydroxyl groups is 2. The Morgan fingerprint density at radius 3 is 2.81 bits per heavy atom. The number of amides is 1. The number of piperidine rings is 1. The van der Waals surface area contributed by atoms with Gasteiger partial charge in [-0.2, -0.15) is 0 Å². The van der Waals surface area contributed by atoms with Crippen LogP contribution in [0.3, 0.4) is 0 Å². The molecule has 0 aromatic heterocycles. The minimum absolute atomic E-state index is 0.0656. The first kappa shape index (κ1) is 15.8. The summed E-state index contributed by atoms with van der Waals surface area (Å²) < 4.78 is 5.34. The summed E-state index contributed by atoms with van der Waals surface area (Å²) in [6, 6.07) is 9.27. The number of hydrogen-bond donors (Lipinski definition) is 2. The molecular formula is C16H23NO4. The van der Waals surface area contributed by atoms with Gasteiger partial charge in [-0.05, 0) is 31.2 Å². The van der Waals surface area contributed by atoms with Crippen LogP contribution in [0, 0.1) is 0 Å². The highest BCUT2D eigenvalue weighted by atomic mass is 16.6. The number of nitrogens with zero attached hydrogens (tertiary/aromatic N) is 1. The number of likely N-dealkylation sites (tertiary alicyclic amines) is 1. The maximum atomic E-state index is 12.2. The van der Waals surface area contributed by atoms with E-state index in [1.807, 2.05) is 30.3 Å². The Labute approximate surface area is 125 Å². The van der Waals surface area contributed by atoms with Crippen LogP contribution in [0.25, 0.3) is 0 Å². The number of rotatable bonds is 5. The molecule has 5 heteroatoms. The normalized spacial score (nSPS) is 22.1.